The lowest BCUT2D eigenvalue weighted by atomic mass is 10.4. The second kappa shape index (κ2) is 6.35. The van der Waals surface area contributed by atoms with Crippen molar-refractivity contribution in [3.05, 3.63) is 29.3 Å². The van der Waals surface area contributed by atoms with Crippen LogP contribution in [0.5, 0.6) is 0 Å². The monoisotopic (exact) mass is 277 g/mol. The van der Waals surface area contributed by atoms with Crippen LogP contribution in [0.3, 0.4) is 0 Å². The first-order chi connectivity index (χ1) is 7.99. The van der Waals surface area contributed by atoms with E-state index in [-0.39, 0.29) is 16.7 Å². The summed E-state index contributed by atoms with van der Waals surface area (Å²) < 4.78 is 29.1. The predicted molar refractivity (Wildman–Crippen MR) is 68.2 cm³/mol. The summed E-state index contributed by atoms with van der Waals surface area (Å²) in [5.41, 5.74) is 0. The number of benzene rings is 1. The maximum absolute atomic E-state index is 12.1. The molecular formula is C11H16ClNO3S. The molecule has 0 fully saturated rings. The van der Waals surface area contributed by atoms with E-state index in [0.717, 1.165) is 0 Å². The molecule has 1 atom stereocenters. The Labute approximate surface area is 107 Å². The van der Waals surface area contributed by atoms with Gasteiger partial charge in [-0.05, 0) is 25.2 Å². The molecule has 1 aromatic rings. The zero-order valence-electron chi connectivity index (χ0n) is 9.81. The van der Waals surface area contributed by atoms with Crippen LogP contribution >= 0.6 is 11.6 Å². The number of rotatable bonds is 6. The first-order valence-corrected chi connectivity index (χ1v) is 7.17. The van der Waals surface area contributed by atoms with Crippen LogP contribution in [-0.4, -0.2) is 41.0 Å². The first-order valence-electron chi connectivity index (χ1n) is 5.14. The average Bonchev–Trinajstić information content (AvgIpc) is 2.28. The molecule has 0 heterocycles. The van der Waals surface area contributed by atoms with E-state index >= 15 is 0 Å². The Kier molecular flexibility index (Phi) is 5.39. The van der Waals surface area contributed by atoms with Crippen LogP contribution in [0.2, 0.25) is 5.02 Å². The van der Waals surface area contributed by atoms with Crippen LogP contribution in [0.25, 0.3) is 0 Å². The van der Waals surface area contributed by atoms with Gasteiger partial charge in [-0.15, -0.1) is 0 Å². The molecule has 0 radical (unpaired) electrons. The molecule has 1 rings (SSSR count). The van der Waals surface area contributed by atoms with Crippen molar-refractivity contribution in [3.8, 4) is 0 Å². The fourth-order valence-corrected chi connectivity index (χ4v) is 3.27. The summed E-state index contributed by atoms with van der Waals surface area (Å²) in [6.07, 6.45) is 0. The Morgan fingerprint density at radius 2 is 2.18 bits per heavy atom. The number of ether oxygens (including phenoxy) is 1. The lowest BCUT2D eigenvalue weighted by molar-refractivity contribution is 0.176. The molecule has 17 heavy (non-hydrogen) atoms. The molecule has 0 bridgehead atoms. The quantitative estimate of drug-likeness (QED) is 0.853. The highest BCUT2D eigenvalue weighted by molar-refractivity contribution is 7.91. The molecule has 0 amide bonds. The molecule has 1 unspecified atom stereocenters. The van der Waals surface area contributed by atoms with Gasteiger partial charge in [-0.25, -0.2) is 8.42 Å². The number of methoxy groups -OCH3 is 1. The average molecular weight is 278 g/mol. The van der Waals surface area contributed by atoms with Crippen molar-refractivity contribution in [2.75, 3.05) is 26.5 Å². The number of hydrogen-bond acceptors (Lipinski definition) is 4. The van der Waals surface area contributed by atoms with Crippen molar-refractivity contribution < 1.29 is 13.2 Å². The van der Waals surface area contributed by atoms with Crippen molar-refractivity contribution in [1.82, 2.24) is 5.32 Å². The lowest BCUT2D eigenvalue weighted by Gasteiger charge is -2.15. The van der Waals surface area contributed by atoms with E-state index in [1.54, 1.807) is 25.2 Å². The minimum atomic E-state index is -3.34. The van der Waals surface area contributed by atoms with E-state index in [2.05, 4.69) is 5.32 Å². The van der Waals surface area contributed by atoms with Gasteiger partial charge < -0.3 is 10.1 Å². The Bertz CT molecular complexity index is 462. The molecule has 0 spiro atoms. The van der Waals surface area contributed by atoms with Gasteiger partial charge in [-0.2, -0.15) is 0 Å². The van der Waals surface area contributed by atoms with Gasteiger partial charge in [0, 0.05) is 18.2 Å². The summed E-state index contributed by atoms with van der Waals surface area (Å²) in [5.74, 6) is -0.0162. The number of sulfone groups is 1. The standard InChI is InChI=1S/C11H16ClNO3S/c1-13-10(7-16-2)8-17(14,15)11-5-3-4-9(12)6-11/h3-6,10,13H,7-8H2,1-2H3. The van der Waals surface area contributed by atoms with Gasteiger partial charge >= 0.3 is 0 Å². The number of hydrogen-bond donors (Lipinski definition) is 1. The van der Waals surface area contributed by atoms with Crippen LogP contribution in [0, 0.1) is 0 Å². The Balaban J connectivity index is 2.88. The molecule has 0 aliphatic carbocycles. The molecule has 0 saturated heterocycles. The minimum Gasteiger partial charge on any atom is -0.383 e. The molecule has 1 aromatic carbocycles. The molecule has 96 valence electrons. The van der Waals surface area contributed by atoms with E-state index in [4.69, 9.17) is 16.3 Å². The number of likely N-dealkylation sites (N-methyl/N-ethyl adjacent to an activating group) is 1. The van der Waals surface area contributed by atoms with Crippen molar-refractivity contribution >= 4 is 21.4 Å². The van der Waals surface area contributed by atoms with Gasteiger partial charge in [0.2, 0.25) is 0 Å². The molecule has 0 aromatic heterocycles. The molecular weight excluding hydrogens is 262 g/mol. The van der Waals surface area contributed by atoms with Crippen LogP contribution in [0.4, 0.5) is 0 Å². The first kappa shape index (κ1) is 14.4. The van der Waals surface area contributed by atoms with E-state index in [0.29, 0.717) is 11.6 Å². The van der Waals surface area contributed by atoms with E-state index < -0.39 is 9.84 Å². The summed E-state index contributed by atoms with van der Waals surface area (Å²) >= 11 is 5.78. The van der Waals surface area contributed by atoms with Gasteiger partial charge in [0.15, 0.2) is 9.84 Å². The molecule has 0 saturated carbocycles. The summed E-state index contributed by atoms with van der Waals surface area (Å²) in [6, 6.07) is 6.03. The summed E-state index contributed by atoms with van der Waals surface area (Å²) in [6.45, 7) is 0.344. The van der Waals surface area contributed by atoms with E-state index in [1.807, 2.05) is 0 Å². The maximum Gasteiger partial charge on any atom is 0.180 e. The zero-order chi connectivity index (χ0) is 12.9. The van der Waals surface area contributed by atoms with Gasteiger partial charge in [0.1, 0.15) is 0 Å². The topological polar surface area (TPSA) is 55.4 Å². The zero-order valence-corrected chi connectivity index (χ0v) is 11.4. The summed E-state index contributed by atoms with van der Waals surface area (Å²) in [7, 11) is -0.0997. The molecule has 6 heteroatoms. The fourth-order valence-electron chi connectivity index (χ4n) is 1.44. The minimum absolute atomic E-state index is 0.0162. The number of halogens is 1. The summed E-state index contributed by atoms with van der Waals surface area (Å²) in [5, 5.41) is 3.32. The summed E-state index contributed by atoms with van der Waals surface area (Å²) in [4.78, 5) is 0.237. The van der Waals surface area contributed by atoms with Crippen molar-refractivity contribution in [3.63, 3.8) is 0 Å². The maximum atomic E-state index is 12.1. The van der Waals surface area contributed by atoms with Gasteiger partial charge in [-0.3, -0.25) is 0 Å². The third kappa shape index (κ3) is 4.27. The highest BCUT2D eigenvalue weighted by atomic mass is 35.5. The van der Waals surface area contributed by atoms with Crippen LogP contribution in [0.1, 0.15) is 0 Å². The third-order valence-electron chi connectivity index (χ3n) is 2.35. The normalized spacial score (nSPS) is 13.6. The fraction of sp³-hybridized carbons (Fsp3) is 0.455. The van der Waals surface area contributed by atoms with Gasteiger partial charge in [0.25, 0.3) is 0 Å². The highest BCUT2D eigenvalue weighted by Crippen LogP contribution is 2.17. The van der Waals surface area contributed by atoms with E-state index in [9.17, 15) is 8.42 Å². The smallest absolute Gasteiger partial charge is 0.180 e. The largest absolute Gasteiger partial charge is 0.383 e. The molecule has 1 N–H and O–H groups in total. The van der Waals surface area contributed by atoms with E-state index in [1.165, 1.54) is 13.2 Å². The van der Waals surface area contributed by atoms with Crippen LogP contribution < -0.4 is 5.32 Å². The third-order valence-corrected chi connectivity index (χ3v) is 4.40. The number of nitrogens with one attached hydrogen (secondary N) is 1. The van der Waals surface area contributed by atoms with Crippen molar-refractivity contribution in [2.45, 2.75) is 10.9 Å². The Morgan fingerprint density at radius 3 is 2.71 bits per heavy atom. The molecule has 0 aliphatic rings. The van der Waals surface area contributed by atoms with Crippen LogP contribution in [0.15, 0.2) is 29.2 Å². The molecule has 0 aliphatic heterocycles. The van der Waals surface area contributed by atoms with Crippen LogP contribution in [-0.2, 0) is 14.6 Å². The van der Waals surface area contributed by atoms with Gasteiger partial charge in [0.05, 0.1) is 17.3 Å². The second-order valence-electron chi connectivity index (χ2n) is 3.68. The Hall–Kier alpha value is -0.620. The second-order valence-corrected chi connectivity index (χ2v) is 6.15. The Morgan fingerprint density at radius 1 is 1.47 bits per heavy atom. The van der Waals surface area contributed by atoms with Crippen molar-refractivity contribution in [1.29, 1.82) is 0 Å². The van der Waals surface area contributed by atoms with Crippen molar-refractivity contribution in [2.24, 2.45) is 0 Å². The predicted octanol–water partition coefficient (Wildman–Crippen LogP) is 1.35. The SMILES string of the molecule is CNC(COC)CS(=O)(=O)c1cccc(Cl)c1. The lowest BCUT2D eigenvalue weighted by Crippen LogP contribution is -2.36. The molecule has 4 nitrogen and oxygen atoms in total. The van der Waals surface area contributed by atoms with Gasteiger partial charge in [-0.1, -0.05) is 17.7 Å². The highest BCUT2D eigenvalue weighted by Gasteiger charge is 2.20.